The molecule has 0 saturated heterocycles. The number of benzene rings is 4. The van der Waals surface area contributed by atoms with E-state index in [4.69, 9.17) is 0 Å². The molecule has 0 aliphatic heterocycles. The Morgan fingerprint density at radius 3 is 1.95 bits per heavy atom. The molecule has 3 unspecified atom stereocenters. The van der Waals surface area contributed by atoms with Crippen LogP contribution in [0.25, 0.3) is 12.2 Å². The molecular formula is C34H30O8. The van der Waals surface area contributed by atoms with E-state index in [0.29, 0.717) is 28.7 Å². The zero-order chi connectivity index (χ0) is 30.1. The lowest BCUT2D eigenvalue weighted by Gasteiger charge is -2.37. The van der Waals surface area contributed by atoms with E-state index in [0.717, 1.165) is 11.6 Å². The van der Waals surface area contributed by atoms with E-state index in [1.54, 1.807) is 30.4 Å². The van der Waals surface area contributed by atoms with E-state index in [9.17, 15) is 40.5 Å². The van der Waals surface area contributed by atoms with E-state index in [1.807, 2.05) is 13.0 Å². The molecule has 0 bridgehead atoms. The molecule has 3 atom stereocenters. The van der Waals surface area contributed by atoms with Crippen LogP contribution in [0.1, 0.15) is 57.8 Å². The lowest BCUT2D eigenvalue weighted by molar-refractivity contribution is 0.0877. The molecule has 1 aliphatic carbocycles. The summed E-state index contributed by atoms with van der Waals surface area (Å²) in [6.07, 6.45) is 5.71. The van der Waals surface area contributed by atoms with Crippen molar-refractivity contribution < 1.29 is 40.5 Å². The highest BCUT2D eigenvalue weighted by Gasteiger charge is 2.42. The van der Waals surface area contributed by atoms with Crippen molar-refractivity contribution >= 4 is 17.9 Å². The second kappa shape index (κ2) is 11.2. The summed E-state index contributed by atoms with van der Waals surface area (Å²) in [5.74, 6) is -3.77. The molecule has 0 radical (unpaired) electrons. The first-order chi connectivity index (χ1) is 20.0. The van der Waals surface area contributed by atoms with Crippen LogP contribution in [0, 0.1) is 5.92 Å². The molecule has 0 fully saturated rings. The van der Waals surface area contributed by atoms with Crippen LogP contribution < -0.4 is 0 Å². The molecule has 4 aromatic rings. The summed E-state index contributed by atoms with van der Waals surface area (Å²) >= 11 is 0. The maximum absolute atomic E-state index is 14.2. The van der Waals surface area contributed by atoms with Gasteiger partial charge in [0.05, 0.1) is 5.56 Å². The summed E-state index contributed by atoms with van der Waals surface area (Å²) in [4.78, 5) is 14.2. The molecule has 8 nitrogen and oxygen atoms in total. The van der Waals surface area contributed by atoms with Crippen molar-refractivity contribution in [3.63, 3.8) is 0 Å². The van der Waals surface area contributed by atoms with E-state index in [1.165, 1.54) is 48.5 Å². The molecule has 214 valence electrons. The van der Waals surface area contributed by atoms with Gasteiger partial charge in [-0.3, -0.25) is 4.79 Å². The summed E-state index contributed by atoms with van der Waals surface area (Å²) in [7, 11) is 0. The third-order valence-electron chi connectivity index (χ3n) is 7.59. The minimum atomic E-state index is -0.896. The molecular weight excluding hydrogens is 536 g/mol. The Morgan fingerprint density at radius 2 is 1.29 bits per heavy atom. The van der Waals surface area contributed by atoms with Crippen molar-refractivity contribution in [2.75, 3.05) is 0 Å². The molecule has 42 heavy (non-hydrogen) atoms. The number of carbonyl (C=O) groups excluding carboxylic acids is 1. The summed E-state index contributed by atoms with van der Waals surface area (Å²) in [5.41, 5.74) is 2.99. The van der Waals surface area contributed by atoms with Crippen LogP contribution in [0.2, 0.25) is 0 Å². The number of phenolic OH excluding ortho intramolecular Hbond substituents is 7. The molecule has 1 aliphatic rings. The van der Waals surface area contributed by atoms with Gasteiger partial charge in [0.15, 0.2) is 5.78 Å². The van der Waals surface area contributed by atoms with Gasteiger partial charge in [-0.25, -0.2) is 0 Å². The van der Waals surface area contributed by atoms with Gasteiger partial charge in [0.2, 0.25) is 0 Å². The smallest absolute Gasteiger partial charge is 0.171 e. The molecule has 0 saturated carbocycles. The first-order valence-corrected chi connectivity index (χ1v) is 13.3. The molecule has 0 spiro atoms. The van der Waals surface area contributed by atoms with E-state index < -0.39 is 29.3 Å². The summed E-state index contributed by atoms with van der Waals surface area (Å²) in [6.45, 7) is 1.89. The van der Waals surface area contributed by atoms with Crippen LogP contribution in [-0.4, -0.2) is 41.5 Å². The maximum atomic E-state index is 14.2. The topological polar surface area (TPSA) is 159 Å². The number of aromatic hydroxyl groups is 7. The minimum absolute atomic E-state index is 0.0155. The zero-order valence-electron chi connectivity index (χ0n) is 22.6. The fourth-order valence-corrected chi connectivity index (χ4v) is 5.74. The molecule has 4 aromatic carbocycles. The highest BCUT2D eigenvalue weighted by molar-refractivity contribution is 6.02. The second-order valence-electron chi connectivity index (χ2n) is 10.6. The lowest BCUT2D eigenvalue weighted by atomic mass is 9.65. The fourth-order valence-electron chi connectivity index (χ4n) is 5.74. The van der Waals surface area contributed by atoms with Gasteiger partial charge in [-0.1, -0.05) is 35.9 Å². The number of phenols is 7. The SMILES string of the molecule is CC1=CC(c2cc(/C=C/c3cc(O)cc(O)c3)ccc2O)C(C(=O)c2ccc(O)cc2O)C(c2ccc(O)cc2O)C1. The Hall–Kier alpha value is -5.37. The van der Waals surface area contributed by atoms with Gasteiger partial charge < -0.3 is 35.7 Å². The predicted molar refractivity (Wildman–Crippen MR) is 158 cm³/mol. The average Bonchev–Trinajstić information content (AvgIpc) is 2.91. The highest BCUT2D eigenvalue weighted by atomic mass is 16.3. The van der Waals surface area contributed by atoms with Crippen LogP contribution in [0.15, 0.2) is 84.4 Å². The normalized spacial score (nSPS) is 18.6. The van der Waals surface area contributed by atoms with Gasteiger partial charge in [0, 0.05) is 41.5 Å². The van der Waals surface area contributed by atoms with Gasteiger partial charge in [0.1, 0.15) is 40.2 Å². The first-order valence-electron chi connectivity index (χ1n) is 13.3. The monoisotopic (exact) mass is 566 g/mol. The van der Waals surface area contributed by atoms with Crippen LogP contribution in [0.5, 0.6) is 40.2 Å². The predicted octanol–water partition coefficient (Wildman–Crippen LogP) is 6.51. The Balaban J connectivity index is 1.63. The van der Waals surface area contributed by atoms with Crippen molar-refractivity contribution in [1.29, 1.82) is 0 Å². The third-order valence-corrected chi connectivity index (χ3v) is 7.59. The van der Waals surface area contributed by atoms with Gasteiger partial charge in [-0.2, -0.15) is 0 Å². The van der Waals surface area contributed by atoms with Gasteiger partial charge >= 0.3 is 0 Å². The highest BCUT2D eigenvalue weighted by Crippen LogP contribution is 2.51. The van der Waals surface area contributed by atoms with Crippen molar-refractivity contribution in [1.82, 2.24) is 0 Å². The van der Waals surface area contributed by atoms with Crippen molar-refractivity contribution in [2.24, 2.45) is 5.92 Å². The number of carbonyl (C=O) groups is 1. The second-order valence-corrected chi connectivity index (χ2v) is 10.6. The number of hydrogen-bond donors (Lipinski definition) is 7. The van der Waals surface area contributed by atoms with Crippen LogP contribution in [0.4, 0.5) is 0 Å². The molecule has 0 heterocycles. The van der Waals surface area contributed by atoms with Crippen LogP contribution >= 0.6 is 0 Å². The first kappa shape index (κ1) is 28.2. The summed E-state index contributed by atoms with van der Waals surface area (Å²) < 4.78 is 0. The van der Waals surface area contributed by atoms with Crippen molar-refractivity contribution in [3.8, 4) is 40.2 Å². The fraction of sp³-hybridized carbons (Fsp3) is 0.147. The molecule has 0 aromatic heterocycles. The number of hydrogen-bond acceptors (Lipinski definition) is 8. The minimum Gasteiger partial charge on any atom is -0.508 e. The Kier molecular flexibility index (Phi) is 7.55. The number of ketones is 1. The molecule has 8 heteroatoms. The summed E-state index contributed by atoms with van der Waals surface area (Å²) in [5, 5.41) is 71.7. The number of allylic oxidation sites excluding steroid dienone is 2. The summed E-state index contributed by atoms with van der Waals surface area (Å²) in [6, 6.07) is 17.1. The molecule has 5 rings (SSSR count). The van der Waals surface area contributed by atoms with E-state index >= 15 is 0 Å². The largest absolute Gasteiger partial charge is 0.508 e. The van der Waals surface area contributed by atoms with Crippen LogP contribution in [0.3, 0.4) is 0 Å². The lowest BCUT2D eigenvalue weighted by Crippen LogP contribution is -2.31. The Labute approximate surface area is 242 Å². The average molecular weight is 567 g/mol. The van der Waals surface area contributed by atoms with Crippen molar-refractivity contribution in [2.45, 2.75) is 25.2 Å². The van der Waals surface area contributed by atoms with Crippen molar-refractivity contribution in [3.05, 3.63) is 112 Å². The number of Topliss-reactive ketones (excluding diaryl/α,β-unsaturated/α-hetero) is 1. The van der Waals surface area contributed by atoms with E-state index in [-0.39, 0.29) is 40.1 Å². The maximum Gasteiger partial charge on any atom is 0.171 e. The molecule has 7 N–H and O–H groups in total. The van der Waals surface area contributed by atoms with Crippen LogP contribution in [-0.2, 0) is 0 Å². The van der Waals surface area contributed by atoms with Gasteiger partial charge in [-0.05, 0) is 72.5 Å². The number of rotatable bonds is 6. The molecule has 0 amide bonds. The zero-order valence-corrected chi connectivity index (χ0v) is 22.6. The van der Waals surface area contributed by atoms with Gasteiger partial charge in [0.25, 0.3) is 0 Å². The van der Waals surface area contributed by atoms with Gasteiger partial charge in [-0.15, -0.1) is 0 Å². The van der Waals surface area contributed by atoms with E-state index in [2.05, 4.69) is 0 Å². The quantitative estimate of drug-likeness (QED) is 0.0790. The third kappa shape index (κ3) is 5.74. The standard InChI is InChI=1S/C34H30O8/c1-18-10-28(25-7-5-21(35)16-31(25)40)33(34(42)26-8-6-22(36)17-32(26)41)29(11-18)27-14-19(4-9-30(27)39)2-3-20-12-23(37)15-24(38)13-20/h2-9,11-17,28-29,33,35-41H,10H2,1H3/b3-2+. The Bertz CT molecular complexity index is 1720. The Morgan fingerprint density at radius 1 is 0.643 bits per heavy atom.